The van der Waals surface area contributed by atoms with Gasteiger partial charge in [0.05, 0.1) is 25.4 Å². The number of hydrogen-bond acceptors (Lipinski definition) is 6. The van der Waals surface area contributed by atoms with Crippen LogP contribution in [0.1, 0.15) is 29.8 Å². The smallest absolute Gasteiger partial charge is 0.254 e. The van der Waals surface area contributed by atoms with Crippen molar-refractivity contribution in [2.45, 2.75) is 36.8 Å². The molecule has 9 heteroatoms. The molecule has 2 heterocycles. The molecule has 0 unspecified atom stereocenters. The second kappa shape index (κ2) is 11.2. The van der Waals surface area contributed by atoms with E-state index in [1.807, 2.05) is 62.4 Å². The van der Waals surface area contributed by atoms with Gasteiger partial charge in [0.15, 0.2) is 0 Å². The molecule has 0 saturated carbocycles. The molecule has 3 aromatic rings. The molecule has 192 valence electrons. The lowest BCUT2D eigenvalue weighted by atomic mass is 9.94. The first-order chi connectivity index (χ1) is 17.2. The molecule has 0 aliphatic carbocycles. The number of fused-ring (bicyclic) bond motifs is 3. The minimum absolute atomic E-state index is 0.131. The maximum atomic E-state index is 13.8. The minimum atomic E-state index is -3.66. The Morgan fingerprint density at radius 2 is 1.75 bits per heavy atom. The Hall–Kier alpha value is -2.56. The predicted octanol–water partition coefficient (Wildman–Crippen LogP) is 4.09. The minimum Gasteiger partial charge on any atom is -0.394 e. The third-order valence-corrected chi connectivity index (χ3v) is 9.89. The molecular weight excluding hydrogens is 496 g/mol. The summed E-state index contributed by atoms with van der Waals surface area (Å²) in [5.74, 6) is -0.379. The maximum absolute atomic E-state index is 13.8. The van der Waals surface area contributed by atoms with Gasteiger partial charge in [-0.05, 0) is 41.1 Å². The summed E-state index contributed by atoms with van der Waals surface area (Å²) < 4.78 is 34.2. The van der Waals surface area contributed by atoms with Gasteiger partial charge >= 0.3 is 0 Å². The third-order valence-electron chi connectivity index (χ3n) is 6.69. The van der Waals surface area contributed by atoms with Crippen LogP contribution >= 0.6 is 11.3 Å². The van der Waals surface area contributed by atoms with E-state index in [4.69, 9.17) is 4.74 Å². The Balaban J connectivity index is 1.74. The molecule has 1 N–H and O–H groups in total. The molecule has 7 nitrogen and oxygen atoms in total. The van der Waals surface area contributed by atoms with Crippen LogP contribution in [0, 0.1) is 5.92 Å². The number of carbonyl (C=O) groups excluding carboxylic acids is 1. The van der Waals surface area contributed by atoms with Crippen molar-refractivity contribution in [1.82, 2.24) is 9.21 Å². The van der Waals surface area contributed by atoms with Crippen molar-refractivity contribution in [3.05, 3.63) is 77.2 Å². The van der Waals surface area contributed by atoms with Gasteiger partial charge in [-0.1, -0.05) is 55.5 Å². The fourth-order valence-corrected chi connectivity index (χ4v) is 6.85. The van der Waals surface area contributed by atoms with Gasteiger partial charge in [0, 0.05) is 31.6 Å². The van der Waals surface area contributed by atoms with Gasteiger partial charge in [0.1, 0.15) is 4.21 Å². The fourth-order valence-electron chi connectivity index (χ4n) is 4.47. The Labute approximate surface area is 217 Å². The highest BCUT2D eigenvalue weighted by Gasteiger charge is 2.32. The number of benzene rings is 2. The zero-order valence-corrected chi connectivity index (χ0v) is 22.3. The van der Waals surface area contributed by atoms with Crippen LogP contribution in [-0.4, -0.2) is 67.5 Å². The van der Waals surface area contributed by atoms with Crippen LogP contribution in [0.2, 0.25) is 0 Å². The van der Waals surface area contributed by atoms with Gasteiger partial charge in [-0.15, -0.1) is 11.3 Å². The number of aliphatic hydroxyl groups is 1. The highest BCUT2D eigenvalue weighted by atomic mass is 32.2. The van der Waals surface area contributed by atoms with Crippen LogP contribution in [0.25, 0.3) is 11.1 Å². The molecule has 1 aliphatic rings. The lowest BCUT2D eigenvalue weighted by Gasteiger charge is -2.34. The van der Waals surface area contributed by atoms with Crippen LogP contribution in [0.3, 0.4) is 0 Å². The summed E-state index contributed by atoms with van der Waals surface area (Å²) in [6.07, 6.45) is -0.486. The van der Waals surface area contributed by atoms with Crippen LogP contribution in [-0.2, 0) is 21.4 Å². The van der Waals surface area contributed by atoms with Gasteiger partial charge in [-0.3, -0.25) is 4.79 Å². The van der Waals surface area contributed by atoms with E-state index in [1.54, 1.807) is 29.5 Å². The number of amides is 1. The number of sulfonamides is 1. The molecular formula is C27H32N2O5S2. The van der Waals surface area contributed by atoms with E-state index in [9.17, 15) is 18.3 Å². The average Bonchev–Trinajstić information content (AvgIpc) is 3.44. The van der Waals surface area contributed by atoms with E-state index in [0.717, 1.165) is 16.7 Å². The summed E-state index contributed by atoms with van der Waals surface area (Å²) in [5, 5.41) is 11.7. The molecule has 4 rings (SSSR count). The Morgan fingerprint density at radius 3 is 2.42 bits per heavy atom. The quantitative estimate of drug-likeness (QED) is 0.521. The van der Waals surface area contributed by atoms with Crippen molar-refractivity contribution in [3.63, 3.8) is 0 Å². The zero-order chi connectivity index (χ0) is 25.9. The third kappa shape index (κ3) is 5.40. The molecule has 0 fully saturated rings. The summed E-state index contributed by atoms with van der Waals surface area (Å²) in [6.45, 7) is 4.29. The van der Waals surface area contributed by atoms with E-state index in [2.05, 4.69) is 0 Å². The van der Waals surface area contributed by atoms with Gasteiger partial charge in [0.2, 0.25) is 0 Å². The fraction of sp³-hybridized carbons (Fsp3) is 0.370. The Morgan fingerprint density at radius 1 is 1.08 bits per heavy atom. The molecule has 0 spiro atoms. The van der Waals surface area contributed by atoms with Crippen LogP contribution in [0.15, 0.2) is 70.3 Å². The molecule has 36 heavy (non-hydrogen) atoms. The molecule has 0 saturated heterocycles. The maximum Gasteiger partial charge on any atom is 0.254 e. The molecule has 1 aromatic heterocycles. The summed E-state index contributed by atoms with van der Waals surface area (Å²) in [6, 6.07) is 18.2. The number of ether oxygens (including phenoxy) is 1. The standard InChI is InChI=1S/C27H32N2O5S2/c1-19-15-29(20(2)17-30)27(31)24-12-7-6-11-23(24)22-10-5-4-9-21(22)18-34-25(19)16-28(3)36(32,33)26-13-8-14-35-26/h4-14,19-20,25,30H,15-18H2,1-3H3/t19-,20+,25+/m0/s1. The van der Waals surface area contributed by atoms with Crippen LogP contribution in [0.4, 0.5) is 0 Å². The monoisotopic (exact) mass is 528 g/mol. The summed E-state index contributed by atoms with van der Waals surface area (Å²) in [4.78, 5) is 15.5. The number of likely N-dealkylation sites (N-methyl/N-ethyl adjacent to an activating group) is 1. The second-order valence-electron chi connectivity index (χ2n) is 9.24. The van der Waals surface area contributed by atoms with Gasteiger partial charge in [-0.25, -0.2) is 8.42 Å². The number of nitrogens with zero attached hydrogens (tertiary/aromatic N) is 2. The second-order valence-corrected chi connectivity index (χ2v) is 12.5. The van der Waals surface area contributed by atoms with E-state index in [1.165, 1.54) is 15.6 Å². The molecule has 3 atom stereocenters. The topological polar surface area (TPSA) is 87.2 Å². The lowest BCUT2D eigenvalue weighted by Crippen LogP contribution is -2.47. The first-order valence-electron chi connectivity index (χ1n) is 11.9. The average molecular weight is 529 g/mol. The first-order valence-corrected chi connectivity index (χ1v) is 14.3. The number of aliphatic hydroxyl groups excluding tert-OH is 1. The van der Waals surface area contributed by atoms with Gasteiger partial charge < -0.3 is 14.7 Å². The van der Waals surface area contributed by atoms with Crippen molar-refractivity contribution < 1.29 is 23.1 Å². The van der Waals surface area contributed by atoms with Crippen molar-refractivity contribution in [2.75, 3.05) is 26.7 Å². The molecule has 0 bridgehead atoms. The number of hydrogen-bond donors (Lipinski definition) is 1. The van der Waals surface area contributed by atoms with E-state index >= 15 is 0 Å². The van der Waals surface area contributed by atoms with Gasteiger partial charge in [0.25, 0.3) is 15.9 Å². The summed E-state index contributed by atoms with van der Waals surface area (Å²) in [5.41, 5.74) is 3.18. The van der Waals surface area contributed by atoms with E-state index in [-0.39, 0.29) is 35.8 Å². The number of carbonyl (C=O) groups is 1. The number of rotatable bonds is 6. The predicted molar refractivity (Wildman–Crippen MR) is 141 cm³/mol. The van der Waals surface area contributed by atoms with Crippen LogP contribution < -0.4 is 0 Å². The Kier molecular flexibility index (Phi) is 8.27. The van der Waals surface area contributed by atoms with E-state index < -0.39 is 22.2 Å². The summed E-state index contributed by atoms with van der Waals surface area (Å²) >= 11 is 1.18. The van der Waals surface area contributed by atoms with Crippen molar-refractivity contribution >= 4 is 27.3 Å². The largest absolute Gasteiger partial charge is 0.394 e. The Bertz CT molecular complexity index is 1290. The number of thiophene rings is 1. The van der Waals surface area contributed by atoms with Crippen LogP contribution in [0.5, 0.6) is 0 Å². The zero-order valence-electron chi connectivity index (χ0n) is 20.7. The highest BCUT2D eigenvalue weighted by Crippen LogP contribution is 2.31. The molecule has 1 amide bonds. The summed E-state index contributed by atoms with van der Waals surface area (Å²) in [7, 11) is -2.11. The van der Waals surface area contributed by atoms with Gasteiger partial charge in [-0.2, -0.15) is 4.31 Å². The molecule has 1 aliphatic heterocycles. The lowest BCUT2D eigenvalue weighted by molar-refractivity contribution is -0.0146. The molecule has 2 aromatic carbocycles. The first kappa shape index (κ1) is 26.5. The molecule has 0 radical (unpaired) electrons. The van der Waals surface area contributed by atoms with Crippen molar-refractivity contribution in [2.24, 2.45) is 5.92 Å². The SMILES string of the molecule is C[C@H](CO)N1C[C@H](C)[C@@H](CN(C)S(=O)(=O)c2cccs2)OCc2ccccc2-c2ccccc2C1=O. The van der Waals surface area contributed by atoms with Crippen molar-refractivity contribution in [3.8, 4) is 11.1 Å². The normalized spacial score (nSPS) is 19.9. The van der Waals surface area contributed by atoms with E-state index in [0.29, 0.717) is 12.1 Å². The van der Waals surface area contributed by atoms with Crippen molar-refractivity contribution in [1.29, 1.82) is 0 Å². The highest BCUT2D eigenvalue weighted by molar-refractivity contribution is 7.91.